The molecule has 0 unspecified atom stereocenters. The predicted molar refractivity (Wildman–Crippen MR) is 477 cm³/mol. The molecule has 0 aromatic heterocycles. The van der Waals surface area contributed by atoms with Gasteiger partial charge in [-0.1, -0.05) is 468 Å². The van der Waals surface area contributed by atoms with Gasteiger partial charge in [0.1, 0.15) is 0 Å². The summed E-state index contributed by atoms with van der Waals surface area (Å²) in [6.07, 6.45) is 0. The van der Waals surface area contributed by atoms with Crippen molar-refractivity contribution in [3.05, 3.63) is 458 Å². The summed E-state index contributed by atoms with van der Waals surface area (Å²) in [6.45, 7) is 18.7. The summed E-state index contributed by atoms with van der Waals surface area (Å²) in [5, 5.41) is 18.7. The number of hydrogen-bond acceptors (Lipinski definition) is 0. The minimum Gasteiger partial charge on any atom is -0.0623 e. The lowest BCUT2D eigenvalue weighted by atomic mass is 9.55. The molecule has 3 aliphatic carbocycles. The lowest BCUT2D eigenvalue weighted by Gasteiger charge is -2.48. The SMILES string of the molecule is CC1(C)c2ccccc2-c2c1ccc1ccccc21.CC1(C)c2ccccc2-c2ccccc21.CC1(C)c2ccccc2-c2ccccc2C1(C)C.c1cc2ccc3cccc4ccc(c1)c2c34.c1ccc(-c2ccccc2)cc1.c1ccc2cc3ccccc3cc2c1.c1ccc2ccccc2c1.c1ccccc1. The van der Waals surface area contributed by atoms with Gasteiger partial charge in [0.2, 0.25) is 0 Å². The maximum absolute atomic E-state index is 2.36. The van der Waals surface area contributed by atoms with Crippen LogP contribution in [0.15, 0.2) is 425 Å². The number of benzene rings is 19. The quantitative estimate of drug-likeness (QED) is 0.114. The third-order valence-electron chi connectivity index (χ3n) is 23.2. The Kier molecular flexibility index (Phi) is 21.2. The average Bonchev–Trinajstić information content (AvgIpc) is 0.985. The van der Waals surface area contributed by atoms with Crippen molar-refractivity contribution in [1.82, 2.24) is 0 Å². The van der Waals surface area contributed by atoms with E-state index in [0.717, 1.165) is 0 Å². The van der Waals surface area contributed by atoms with Gasteiger partial charge in [0, 0.05) is 10.8 Å². The second-order valence-electron chi connectivity index (χ2n) is 31.0. The molecule has 0 fully saturated rings. The van der Waals surface area contributed by atoms with Crippen molar-refractivity contribution in [3.8, 4) is 44.5 Å². The molecule has 0 heteroatoms. The van der Waals surface area contributed by atoms with Gasteiger partial charge >= 0.3 is 0 Å². The van der Waals surface area contributed by atoms with Crippen LogP contribution in [0.25, 0.3) is 120 Å². The van der Waals surface area contributed by atoms with E-state index in [0.29, 0.717) is 0 Å². The van der Waals surface area contributed by atoms with Gasteiger partial charge in [0.25, 0.3) is 0 Å². The third-order valence-corrected chi connectivity index (χ3v) is 23.2. The molecule has 0 radical (unpaired) electrons. The summed E-state index contributed by atoms with van der Waals surface area (Å²) in [7, 11) is 0. The average molecular weight is 1420 g/mol. The fourth-order valence-electron chi connectivity index (χ4n) is 16.7. The Morgan fingerprint density at radius 3 is 0.755 bits per heavy atom. The van der Waals surface area contributed by atoms with E-state index in [1.807, 2.05) is 48.5 Å². The highest BCUT2D eigenvalue weighted by atomic mass is 14.5. The molecular weight excluding hydrogens is 1320 g/mol. The first kappa shape index (κ1) is 72.8. The predicted octanol–water partition coefficient (Wildman–Crippen LogP) is 30.5. The largest absolute Gasteiger partial charge is 0.0623 e. The zero-order chi connectivity index (χ0) is 75.7. The molecule has 0 spiro atoms. The van der Waals surface area contributed by atoms with Gasteiger partial charge in [-0.2, -0.15) is 0 Å². The van der Waals surface area contributed by atoms with Gasteiger partial charge in [-0.15, -0.1) is 0 Å². The molecule has 0 saturated carbocycles. The zero-order valence-electron chi connectivity index (χ0n) is 64.4. The van der Waals surface area contributed by atoms with Crippen molar-refractivity contribution in [2.45, 2.75) is 77.0 Å². The summed E-state index contributed by atoms with van der Waals surface area (Å²) >= 11 is 0. The van der Waals surface area contributed by atoms with Crippen molar-refractivity contribution < 1.29 is 0 Å². The Hall–Kier alpha value is -12.7. The maximum atomic E-state index is 2.36. The Balaban J connectivity index is 0.000000101. The van der Waals surface area contributed by atoms with Crippen molar-refractivity contribution in [3.63, 3.8) is 0 Å². The summed E-state index contributed by atoms with van der Waals surface area (Å²) in [5.41, 5.74) is 20.3. The van der Waals surface area contributed by atoms with E-state index in [4.69, 9.17) is 0 Å². The molecule has 0 nitrogen and oxygen atoms in total. The fraction of sp³-hybridized carbons (Fsp3) is 0.109. The molecule has 0 amide bonds. The van der Waals surface area contributed by atoms with E-state index < -0.39 is 0 Å². The monoisotopic (exact) mass is 1410 g/mol. The Bertz CT molecular complexity index is 5860. The highest BCUT2D eigenvalue weighted by Gasteiger charge is 2.45. The second kappa shape index (κ2) is 32.0. The lowest BCUT2D eigenvalue weighted by Crippen LogP contribution is -2.43. The highest BCUT2D eigenvalue weighted by molar-refractivity contribution is 6.23. The summed E-state index contributed by atoms with van der Waals surface area (Å²) in [6, 6.07) is 150. The fourth-order valence-corrected chi connectivity index (χ4v) is 16.7. The van der Waals surface area contributed by atoms with Crippen molar-refractivity contribution in [2.75, 3.05) is 0 Å². The van der Waals surface area contributed by atoms with Gasteiger partial charge in [-0.05, 0) is 176 Å². The Labute approximate surface area is 650 Å². The van der Waals surface area contributed by atoms with Gasteiger partial charge < -0.3 is 0 Å². The maximum Gasteiger partial charge on any atom is 0.0159 e. The first-order valence-corrected chi connectivity index (χ1v) is 38.7. The van der Waals surface area contributed by atoms with Crippen LogP contribution in [-0.4, -0.2) is 0 Å². The van der Waals surface area contributed by atoms with Crippen LogP contribution in [0.1, 0.15) is 88.8 Å². The Morgan fingerprint density at radius 2 is 0.391 bits per heavy atom. The second-order valence-corrected chi connectivity index (χ2v) is 31.0. The van der Waals surface area contributed by atoms with E-state index in [9.17, 15) is 0 Å². The summed E-state index contributed by atoms with van der Waals surface area (Å²) < 4.78 is 0. The van der Waals surface area contributed by atoms with Crippen molar-refractivity contribution in [2.24, 2.45) is 0 Å². The number of rotatable bonds is 1. The first-order chi connectivity index (χ1) is 53.7. The van der Waals surface area contributed by atoms with E-state index >= 15 is 0 Å². The Morgan fingerprint density at radius 1 is 0.155 bits per heavy atom. The lowest BCUT2D eigenvalue weighted by molar-refractivity contribution is 0.299. The van der Waals surface area contributed by atoms with E-state index in [-0.39, 0.29) is 21.7 Å². The molecular formula is C110H94. The molecule has 534 valence electrons. The smallest absolute Gasteiger partial charge is 0.0159 e. The molecule has 0 atom stereocenters. The van der Waals surface area contributed by atoms with Crippen LogP contribution in [0.5, 0.6) is 0 Å². The van der Waals surface area contributed by atoms with Crippen LogP contribution >= 0.6 is 0 Å². The summed E-state index contributed by atoms with van der Waals surface area (Å²) in [4.78, 5) is 0. The molecule has 0 heterocycles. The van der Waals surface area contributed by atoms with E-state index in [1.165, 1.54) is 153 Å². The van der Waals surface area contributed by atoms with Crippen LogP contribution in [0, 0.1) is 0 Å². The minimum absolute atomic E-state index is 0.107. The summed E-state index contributed by atoms with van der Waals surface area (Å²) in [5.74, 6) is 0. The molecule has 19 aromatic carbocycles. The molecule has 0 N–H and O–H groups in total. The molecule has 0 saturated heterocycles. The van der Waals surface area contributed by atoms with E-state index in [2.05, 4.69) is 432 Å². The standard InChI is InChI=1S/C19H16.C18H20.C16H10.C15H14.C14H10.C12H10.C10H8.C6H6/c1-19(2)16-10-6-5-9-15(16)18-14-8-4-3-7-13(14)11-12-17(18)19;1-17(2)15-11-7-5-9-13(15)14-10-6-8-12-16(14)18(17,3)4;1-3-11-7-9-13-5-2-6-14-10-8-12(4-1)15(11)16(13)14;1-15(2)13-9-5-3-7-11(13)12-8-4-6-10-14(12)15;1-2-6-12-10-14-8-4-3-7-13(14)9-11(12)5-1;1-3-7-11(8-4-1)12-9-5-2-6-10-12;1-2-6-10-8-4-3-7-9(10)5-1;1-2-4-6-5-3-1/h3-12H,1-2H3;5-12H,1-4H3;1-10H;3-10H,1-2H3;1-10H;1-10H;1-8H;1-6H. The molecule has 0 bridgehead atoms. The van der Waals surface area contributed by atoms with E-state index in [1.54, 1.807) is 0 Å². The van der Waals surface area contributed by atoms with Crippen LogP contribution in [0.4, 0.5) is 0 Å². The van der Waals surface area contributed by atoms with Crippen LogP contribution in [-0.2, 0) is 21.7 Å². The first-order valence-electron chi connectivity index (χ1n) is 38.7. The number of hydrogen-bond donors (Lipinski definition) is 0. The van der Waals surface area contributed by atoms with Gasteiger partial charge in [0.05, 0.1) is 0 Å². The van der Waals surface area contributed by atoms with Crippen LogP contribution < -0.4 is 0 Å². The van der Waals surface area contributed by atoms with Gasteiger partial charge in [-0.3, -0.25) is 0 Å². The van der Waals surface area contributed by atoms with Gasteiger partial charge in [0.15, 0.2) is 0 Å². The van der Waals surface area contributed by atoms with Crippen LogP contribution in [0.3, 0.4) is 0 Å². The van der Waals surface area contributed by atoms with Crippen LogP contribution in [0.2, 0.25) is 0 Å². The van der Waals surface area contributed by atoms with Gasteiger partial charge in [-0.25, -0.2) is 0 Å². The molecule has 19 aromatic rings. The molecule has 0 aliphatic heterocycles. The van der Waals surface area contributed by atoms with Crippen molar-refractivity contribution in [1.29, 1.82) is 0 Å². The normalized spacial score (nSPS) is 13.4. The topological polar surface area (TPSA) is 0 Å². The molecule has 3 aliphatic rings. The molecule has 110 heavy (non-hydrogen) atoms. The zero-order valence-corrected chi connectivity index (χ0v) is 64.4. The number of fused-ring (bicyclic) bond motifs is 14. The van der Waals surface area contributed by atoms with Crippen molar-refractivity contribution >= 4 is 75.4 Å². The highest BCUT2D eigenvalue weighted by Crippen LogP contribution is 2.54. The third kappa shape index (κ3) is 14.8. The molecule has 22 rings (SSSR count). The minimum atomic E-state index is 0.107.